The van der Waals surface area contributed by atoms with Gasteiger partial charge in [0.15, 0.2) is 9.84 Å². The summed E-state index contributed by atoms with van der Waals surface area (Å²) in [5, 5.41) is 8.23. The van der Waals surface area contributed by atoms with E-state index in [-0.39, 0.29) is 47.9 Å². The first-order chi connectivity index (χ1) is 13.3. The molecule has 1 saturated heterocycles. The number of nitrogens with one attached hydrogen (secondary N) is 2. The predicted octanol–water partition coefficient (Wildman–Crippen LogP) is 0.906. The molecule has 2 aliphatic heterocycles. The average Bonchev–Trinajstić information content (AvgIpc) is 3.25. The maximum atomic E-state index is 12.7. The van der Waals surface area contributed by atoms with Crippen LogP contribution in [0.5, 0.6) is 0 Å². The average molecular weight is 403 g/mol. The van der Waals surface area contributed by atoms with E-state index in [1.165, 1.54) is 5.01 Å². The van der Waals surface area contributed by atoms with Crippen molar-refractivity contribution in [1.82, 2.24) is 20.3 Å². The lowest BCUT2D eigenvalue weighted by atomic mass is 10.1. The van der Waals surface area contributed by atoms with Crippen molar-refractivity contribution in [3.63, 3.8) is 0 Å². The highest BCUT2D eigenvalue weighted by atomic mass is 32.2. The third kappa shape index (κ3) is 3.64. The minimum Gasteiger partial charge on any atom is -0.341 e. The van der Waals surface area contributed by atoms with Gasteiger partial charge in [-0.2, -0.15) is 5.10 Å². The number of fused-ring (bicyclic) bond motifs is 1. The van der Waals surface area contributed by atoms with Crippen molar-refractivity contribution in [1.29, 1.82) is 0 Å². The van der Waals surface area contributed by atoms with Gasteiger partial charge in [-0.15, -0.1) is 0 Å². The number of H-pyrrole nitrogens is 1. The largest absolute Gasteiger partial charge is 0.341 e. The van der Waals surface area contributed by atoms with Crippen molar-refractivity contribution >= 4 is 38.4 Å². The van der Waals surface area contributed by atoms with Gasteiger partial charge in [-0.3, -0.25) is 9.59 Å². The summed E-state index contributed by atoms with van der Waals surface area (Å²) in [5.41, 5.74) is 1.92. The molecule has 2 amide bonds. The standard InChI is InChI=1S/C18H21N5O4S/c1-11(17-20-13-4-2-3-5-14(13)21-17)19-18(25)15-6-7-16(24)23(22-15)12-8-9-28(26,27)10-12/h2-5,11-12H,6-10H2,1H3,(H,19,25)(H,20,21)/t11-,12+/m1/s1. The van der Waals surface area contributed by atoms with Crippen molar-refractivity contribution in [2.45, 2.75) is 38.3 Å². The van der Waals surface area contributed by atoms with E-state index in [0.717, 1.165) is 11.0 Å². The van der Waals surface area contributed by atoms with Crippen LogP contribution in [0.2, 0.25) is 0 Å². The monoisotopic (exact) mass is 403 g/mol. The van der Waals surface area contributed by atoms with Crippen molar-refractivity contribution in [3.05, 3.63) is 30.1 Å². The molecular formula is C18H21N5O4S. The molecule has 1 aromatic heterocycles. The van der Waals surface area contributed by atoms with Gasteiger partial charge in [0.2, 0.25) is 5.91 Å². The molecule has 0 bridgehead atoms. The van der Waals surface area contributed by atoms with Crippen LogP contribution >= 0.6 is 0 Å². The number of hydrogen-bond donors (Lipinski definition) is 2. The van der Waals surface area contributed by atoms with Crippen molar-refractivity contribution in [3.8, 4) is 0 Å². The van der Waals surface area contributed by atoms with Crippen LogP contribution in [0.3, 0.4) is 0 Å². The zero-order chi connectivity index (χ0) is 19.9. The topological polar surface area (TPSA) is 125 Å². The molecule has 2 aliphatic rings. The lowest BCUT2D eigenvalue weighted by Crippen LogP contribution is -2.44. The molecule has 2 aromatic rings. The van der Waals surface area contributed by atoms with Gasteiger partial charge in [0.05, 0.1) is 34.6 Å². The summed E-state index contributed by atoms with van der Waals surface area (Å²) in [6, 6.07) is 6.72. The molecule has 2 N–H and O–H groups in total. The van der Waals surface area contributed by atoms with Crippen LogP contribution in [-0.4, -0.2) is 58.5 Å². The number of nitrogens with zero attached hydrogens (tertiary/aromatic N) is 3. The number of carbonyl (C=O) groups excluding carboxylic acids is 2. The molecule has 1 aromatic carbocycles. The Balaban J connectivity index is 1.48. The molecule has 4 rings (SSSR count). The molecular weight excluding hydrogens is 382 g/mol. The Morgan fingerprint density at radius 1 is 1.32 bits per heavy atom. The van der Waals surface area contributed by atoms with E-state index in [2.05, 4.69) is 20.4 Å². The molecule has 0 unspecified atom stereocenters. The third-order valence-corrected chi connectivity index (χ3v) is 6.79. The first kappa shape index (κ1) is 18.6. The zero-order valence-corrected chi connectivity index (χ0v) is 16.2. The number of carbonyl (C=O) groups is 2. The fourth-order valence-electron chi connectivity index (χ4n) is 3.51. The van der Waals surface area contributed by atoms with Gasteiger partial charge >= 0.3 is 0 Å². The van der Waals surface area contributed by atoms with Gasteiger partial charge in [0.1, 0.15) is 11.5 Å². The Morgan fingerprint density at radius 3 is 2.82 bits per heavy atom. The molecule has 2 atom stereocenters. The summed E-state index contributed by atoms with van der Waals surface area (Å²) in [6.45, 7) is 1.81. The minimum absolute atomic E-state index is 0.0432. The van der Waals surface area contributed by atoms with Gasteiger partial charge in [-0.25, -0.2) is 18.4 Å². The van der Waals surface area contributed by atoms with Crippen LogP contribution < -0.4 is 5.32 Å². The Bertz CT molecular complexity index is 1040. The Kier molecular flexibility index (Phi) is 4.66. The number of sulfone groups is 1. The number of hydrogen-bond acceptors (Lipinski definition) is 6. The SMILES string of the molecule is C[C@@H](NC(=O)C1=NN([C@H]2CCS(=O)(=O)C2)C(=O)CC1)c1nc2ccccc2[nH]1. The predicted molar refractivity (Wildman–Crippen MR) is 103 cm³/mol. The van der Waals surface area contributed by atoms with Crippen LogP contribution in [0.1, 0.15) is 38.1 Å². The zero-order valence-electron chi connectivity index (χ0n) is 15.4. The van der Waals surface area contributed by atoms with Crippen LogP contribution in [-0.2, 0) is 19.4 Å². The van der Waals surface area contributed by atoms with Gasteiger partial charge in [0.25, 0.3) is 5.91 Å². The molecule has 148 valence electrons. The fourth-order valence-corrected chi connectivity index (χ4v) is 5.21. The molecule has 9 nitrogen and oxygen atoms in total. The number of hydrazone groups is 1. The van der Waals surface area contributed by atoms with Gasteiger partial charge in [-0.1, -0.05) is 12.1 Å². The molecule has 28 heavy (non-hydrogen) atoms. The van der Waals surface area contributed by atoms with Gasteiger partial charge < -0.3 is 10.3 Å². The van der Waals surface area contributed by atoms with Gasteiger partial charge in [-0.05, 0) is 25.5 Å². The maximum Gasteiger partial charge on any atom is 0.268 e. The number of imidazole rings is 1. The molecule has 3 heterocycles. The van der Waals surface area contributed by atoms with E-state index in [1.807, 2.05) is 31.2 Å². The Morgan fingerprint density at radius 2 is 2.11 bits per heavy atom. The van der Waals surface area contributed by atoms with E-state index in [4.69, 9.17) is 0 Å². The van der Waals surface area contributed by atoms with Crippen LogP contribution in [0.4, 0.5) is 0 Å². The van der Waals surface area contributed by atoms with Crippen LogP contribution in [0, 0.1) is 0 Å². The second-order valence-corrected chi connectivity index (χ2v) is 9.40. The first-order valence-electron chi connectivity index (χ1n) is 9.18. The molecule has 1 fully saturated rings. The van der Waals surface area contributed by atoms with E-state index < -0.39 is 15.9 Å². The van der Waals surface area contributed by atoms with E-state index >= 15 is 0 Å². The van der Waals surface area contributed by atoms with Crippen molar-refractivity contribution < 1.29 is 18.0 Å². The summed E-state index contributed by atoms with van der Waals surface area (Å²) in [4.78, 5) is 32.5. The summed E-state index contributed by atoms with van der Waals surface area (Å²) in [6.07, 6.45) is 0.719. The first-order valence-corrected chi connectivity index (χ1v) is 11.0. The Hall–Kier alpha value is -2.75. The van der Waals surface area contributed by atoms with Crippen LogP contribution in [0.15, 0.2) is 29.4 Å². The fraction of sp³-hybridized carbons (Fsp3) is 0.444. The molecule has 10 heteroatoms. The molecule has 0 spiro atoms. The molecule has 0 saturated carbocycles. The molecule has 0 radical (unpaired) electrons. The summed E-state index contributed by atoms with van der Waals surface area (Å²) >= 11 is 0. The highest BCUT2D eigenvalue weighted by Gasteiger charge is 2.37. The van der Waals surface area contributed by atoms with Crippen LogP contribution in [0.25, 0.3) is 11.0 Å². The molecule has 0 aliphatic carbocycles. The van der Waals surface area contributed by atoms with E-state index in [9.17, 15) is 18.0 Å². The second kappa shape index (κ2) is 7.01. The third-order valence-electron chi connectivity index (χ3n) is 5.04. The highest BCUT2D eigenvalue weighted by molar-refractivity contribution is 7.91. The minimum atomic E-state index is -3.15. The number of aromatic amines is 1. The van der Waals surface area contributed by atoms with Crippen molar-refractivity contribution in [2.75, 3.05) is 11.5 Å². The summed E-state index contributed by atoms with van der Waals surface area (Å²) in [5.74, 6) is -0.0650. The second-order valence-electron chi connectivity index (χ2n) is 7.18. The summed E-state index contributed by atoms with van der Waals surface area (Å²) < 4.78 is 23.4. The number of benzene rings is 1. The Labute approximate surface area is 162 Å². The number of para-hydroxylation sites is 2. The lowest BCUT2D eigenvalue weighted by Gasteiger charge is -2.27. The number of aromatic nitrogens is 2. The number of rotatable bonds is 4. The van der Waals surface area contributed by atoms with E-state index in [0.29, 0.717) is 12.2 Å². The number of amides is 2. The van der Waals surface area contributed by atoms with E-state index in [1.54, 1.807) is 0 Å². The van der Waals surface area contributed by atoms with Crippen molar-refractivity contribution in [2.24, 2.45) is 5.10 Å². The van der Waals surface area contributed by atoms with Gasteiger partial charge in [0, 0.05) is 12.8 Å². The summed E-state index contributed by atoms with van der Waals surface area (Å²) in [7, 11) is -3.15. The maximum absolute atomic E-state index is 12.7. The highest BCUT2D eigenvalue weighted by Crippen LogP contribution is 2.22. The lowest BCUT2D eigenvalue weighted by molar-refractivity contribution is -0.133. The quantitative estimate of drug-likeness (QED) is 0.785. The smallest absolute Gasteiger partial charge is 0.268 e. The normalized spacial score (nSPS) is 22.9.